The zero-order valence-electron chi connectivity index (χ0n) is 26.3. The van der Waals surface area contributed by atoms with E-state index in [4.69, 9.17) is 0 Å². The smallest absolute Gasteiger partial charge is 0.294 e. The monoisotopic (exact) mass is 740 g/mol. The van der Waals surface area contributed by atoms with Gasteiger partial charge in [-0.05, 0) is 77.5 Å². The van der Waals surface area contributed by atoms with E-state index in [1.165, 1.54) is 66.7 Å². The Bertz CT molecular complexity index is 2550. The molecule has 0 saturated heterocycles. The lowest BCUT2D eigenvalue weighted by Crippen LogP contribution is -2.18. The Morgan fingerprint density at radius 2 is 0.981 bits per heavy atom. The van der Waals surface area contributed by atoms with Crippen LogP contribution in [0.25, 0.3) is 21.5 Å². The number of carbonyl (C=O) groups excluding carboxylic acids is 3. The van der Waals surface area contributed by atoms with E-state index in [1.54, 1.807) is 36.4 Å². The zero-order chi connectivity index (χ0) is 37.4. The van der Waals surface area contributed by atoms with Crippen molar-refractivity contribution >= 4 is 82.3 Å². The van der Waals surface area contributed by atoms with Gasteiger partial charge < -0.3 is 16.0 Å². The van der Waals surface area contributed by atoms with Gasteiger partial charge >= 0.3 is 0 Å². The fourth-order valence-corrected chi connectivity index (χ4v) is 6.38. The second-order valence-electron chi connectivity index (χ2n) is 11.3. The minimum Gasteiger partial charge on any atom is -0.322 e. The first-order valence-corrected chi connectivity index (χ1v) is 17.8. The van der Waals surface area contributed by atoms with Crippen LogP contribution in [0.4, 0.5) is 22.7 Å². The Hall–Kier alpha value is -6.53. The van der Waals surface area contributed by atoms with Crippen molar-refractivity contribution in [1.82, 2.24) is 0 Å². The molecule has 0 saturated carbocycles. The highest BCUT2D eigenvalue weighted by atomic mass is 32.2. The van der Waals surface area contributed by atoms with E-state index in [0.29, 0.717) is 21.5 Å². The molecule has 17 heteroatoms. The van der Waals surface area contributed by atoms with Crippen molar-refractivity contribution in [2.45, 2.75) is 9.79 Å². The number of carbonyl (C=O) groups is 3. The maximum Gasteiger partial charge on any atom is 0.294 e. The molecule has 262 valence electrons. The molecule has 0 aliphatic rings. The number of nitro benzene ring substituents is 1. The molecule has 52 heavy (non-hydrogen) atoms. The molecule has 0 spiro atoms. The maximum absolute atomic E-state index is 13.7. The number of hydrogen-bond donors (Lipinski definition) is 5. The van der Waals surface area contributed by atoms with Crippen LogP contribution in [0.3, 0.4) is 0 Å². The number of nitrogens with zero attached hydrogens (tertiary/aromatic N) is 1. The van der Waals surface area contributed by atoms with E-state index in [-0.39, 0.29) is 49.2 Å². The topological polar surface area (TPSA) is 239 Å². The molecule has 6 rings (SSSR count). The molecule has 0 bridgehead atoms. The lowest BCUT2D eigenvalue weighted by Gasteiger charge is -2.14. The Kier molecular flexibility index (Phi) is 9.26. The largest absolute Gasteiger partial charge is 0.322 e. The summed E-state index contributed by atoms with van der Waals surface area (Å²) in [4.78, 5) is 50.2. The van der Waals surface area contributed by atoms with E-state index in [2.05, 4.69) is 16.0 Å². The lowest BCUT2D eigenvalue weighted by molar-refractivity contribution is -0.384. The molecule has 0 unspecified atom stereocenters. The SMILES string of the molecule is O=C(Nc1cc(C(=O)Nc2cccc3cc(S(=O)(=O)O)ccc23)cc(C(=O)Nc2cccc3cc(S(=O)(=O)O)ccc23)c1)c1ccc([N+](=O)[O-])cc1. The fourth-order valence-electron chi connectivity index (χ4n) is 5.35. The summed E-state index contributed by atoms with van der Waals surface area (Å²) in [6.45, 7) is 0. The fraction of sp³-hybridized carbons (Fsp3) is 0. The standard InChI is InChI=1S/C35H24N4O11S2/c40-33(20-7-9-26(10-8-20)39(43)44)36-25-16-23(34(41)37-31-5-1-3-21-18-27(51(45,46)47)11-13-29(21)31)15-24(17-25)35(42)38-32-6-2-4-22-19-28(52(48,49)50)12-14-30(22)32/h1-19H,(H,36,40)(H,37,41)(H,38,42)(H,45,46,47)(H,48,49,50). The zero-order valence-corrected chi connectivity index (χ0v) is 27.9. The summed E-state index contributed by atoms with van der Waals surface area (Å²) in [5, 5.41) is 20.7. The van der Waals surface area contributed by atoms with Crippen LogP contribution in [0.1, 0.15) is 31.1 Å². The molecule has 0 heterocycles. The molecule has 0 aliphatic heterocycles. The van der Waals surface area contributed by atoms with Gasteiger partial charge in [0.05, 0.1) is 14.7 Å². The summed E-state index contributed by atoms with van der Waals surface area (Å²) in [5.41, 5.74) is 0.160. The highest BCUT2D eigenvalue weighted by molar-refractivity contribution is 7.86. The first kappa shape index (κ1) is 35.3. The van der Waals surface area contributed by atoms with E-state index in [9.17, 15) is 50.4 Å². The number of nitrogens with one attached hydrogen (secondary N) is 3. The molecule has 0 fully saturated rings. The Balaban J connectivity index is 1.36. The van der Waals surface area contributed by atoms with Gasteiger partial charge in [-0.1, -0.05) is 36.4 Å². The number of amides is 3. The third-order valence-electron chi connectivity index (χ3n) is 7.85. The van der Waals surface area contributed by atoms with Gasteiger partial charge in [0.2, 0.25) is 0 Å². The number of benzene rings is 6. The van der Waals surface area contributed by atoms with Crippen LogP contribution in [-0.2, 0) is 20.2 Å². The van der Waals surface area contributed by atoms with Crippen LogP contribution < -0.4 is 16.0 Å². The van der Waals surface area contributed by atoms with E-state index in [0.717, 1.165) is 12.1 Å². The van der Waals surface area contributed by atoms with Crippen molar-refractivity contribution < 1.29 is 45.2 Å². The van der Waals surface area contributed by atoms with Crippen molar-refractivity contribution in [3.05, 3.63) is 142 Å². The van der Waals surface area contributed by atoms with Gasteiger partial charge in [-0.25, -0.2) is 0 Å². The number of non-ortho nitro benzene ring substituents is 1. The second kappa shape index (κ2) is 13.6. The quantitative estimate of drug-likeness (QED) is 0.0640. The Morgan fingerprint density at radius 1 is 0.538 bits per heavy atom. The predicted octanol–water partition coefficient (Wildman–Crippen LogP) is 6.15. The van der Waals surface area contributed by atoms with Crippen molar-refractivity contribution in [2.24, 2.45) is 0 Å². The number of anilines is 3. The van der Waals surface area contributed by atoms with Crippen LogP contribution in [0, 0.1) is 10.1 Å². The predicted molar refractivity (Wildman–Crippen MR) is 191 cm³/mol. The summed E-state index contributed by atoms with van der Waals surface area (Å²) < 4.78 is 65.5. The molecule has 3 amide bonds. The van der Waals surface area contributed by atoms with Gasteiger partial charge in [0.1, 0.15) is 0 Å². The van der Waals surface area contributed by atoms with Crippen LogP contribution in [-0.4, -0.2) is 48.6 Å². The number of nitro groups is 1. The number of fused-ring (bicyclic) bond motifs is 2. The van der Waals surface area contributed by atoms with Gasteiger partial charge in [0.15, 0.2) is 0 Å². The van der Waals surface area contributed by atoms with Gasteiger partial charge in [-0.3, -0.25) is 33.6 Å². The third-order valence-corrected chi connectivity index (χ3v) is 9.55. The Labute approximate surface area is 294 Å². The molecule has 15 nitrogen and oxygen atoms in total. The molecular formula is C35H24N4O11S2. The van der Waals surface area contributed by atoms with Gasteiger partial charge in [-0.15, -0.1) is 0 Å². The average molecular weight is 741 g/mol. The average Bonchev–Trinajstić information content (AvgIpc) is 3.10. The second-order valence-corrected chi connectivity index (χ2v) is 14.1. The van der Waals surface area contributed by atoms with E-state index in [1.807, 2.05) is 0 Å². The van der Waals surface area contributed by atoms with Crippen molar-refractivity contribution in [1.29, 1.82) is 0 Å². The third kappa shape index (κ3) is 7.62. The maximum atomic E-state index is 13.7. The number of rotatable bonds is 9. The molecule has 6 aromatic rings. The van der Waals surface area contributed by atoms with Gasteiger partial charge in [-0.2, -0.15) is 16.8 Å². The highest BCUT2D eigenvalue weighted by Crippen LogP contribution is 2.29. The van der Waals surface area contributed by atoms with Crippen LogP contribution in [0.5, 0.6) is 0 Å². The summed E-state index contributed by atoms with van der Waals surface area (Å²) in [6, 6.07) is 25.6. The molecule has 0 atom stereocenters. The van der Waals surface area contributed by atoms with Crippen LogP contribution in [0.15, 0.2) is 125 Å². The Morgan fingerprint density at radius 3 is 1.40 bits per heavy atom. The molecule has 6 aromatic carbocycles. The van der Waals surface area contributed by atoms with Gasteiger partial charge in [0.25, 0.3) is 43.6 Å². The van der Waals surface area contributed by atoms with E-state index < -0.39 is 42.9 Å². The summed E-state index contributed by atoms with van der Waals surface area (Å²) in [5.74, 6) is -2.16. The van der Waals surface area contributed by atoms with Crippen molar-refractivity contribution in [2.75, 3.05) is 16.0 Å². The summed E-state index contributed by atoms with van der Waals surface area (Å²) in [6.07, 6.45) is 0. The van der Waals surface area contributed by atoms with E-state index >= 15 is 0 Å². The van der Waals surface area contributed by atoms with Crippen LogP contribution >= 0.6 is 0 Å². The van der Waals surface area contributed by atoms with Crippen molar-refractivity contribution in [3.63, 3.8) is 0 Å². The molecule has 0 aromatic heterocycles. The number of hydrogen-bond acceptors (Lipinski definition) is 9. The summed E-state index contributed by atoms with van der Waals surface area (Å²) in [7, 11) is -8.99. The van der Waals surface area contributed by atoms with Crippen LogP contribution in [0.2, 0.25) is 0 Å². The molecule has 0 radical (unpaired) electrons. The summed E-state index contributed by atoms with van der Waals surface area (Å²) >= 11 is 0. The first-order valence-electron chi connectivity index (χ1n) is 14.9. The molecule has 5 N–H and O–H groups in total. The minimum atomic E-state index is -4.49. The molecule has 0 aliphatic carbocycles. The first-order chi connectivity index (χ1) is 24.6. The lowest BCUT2D eigenvalue weighted by atomic mass is 10.0. The van der Waals surface area contributed by atoms with Gasteiger partial charge in [0, 0.05) is 56.7 Å². The van der Waals surface area contributed by atoms with Crippen molar-refractivity contribution in [3.8, 4) is 0 Å². The molecular weight excluding hydrogens is 717 g/mol. The highest BCUT2D eigenvalue weighted by Gasteiger charge is 2.19. The normalized spacial score (nSPS) is 11.6. The minimum absolute atomic E-state index is 0.00702.